The zero-order valence-corrected chi connectivity index (χ0v) is 11.3. The first kappa shape index (κ1) is 13.0. The molecule has 1 aromatic rings. The quantitative estimate of drug-likeness (QED) is 0.860. The highest BCUT2D eigenvalue weighted by Gasteiger charge is 2.19. The van der Waals surface area contributed by atoms with Crippen LogP contribution in [0.25, 0.3) is 0 Å². The standard InChI is InChI=1S/C13H17N3OS/c1-8-7-18-13(15-9(8)2)16-11-5-3-4-10(6-11)12(14)17/h3-6,8-9H,7H2,1-2H3,(H2,14,17)(H,15,16). The van der Waals surface area contributed by atoms with Crippen molar-refractivity contribution in [3.63, 3.8) is 0 Å². The van der Waals surface area contributed by atoms with Gasteiger partial charge in [-0.25, -0.2) is 0 Å². The van der Waals surface area contributed by atoms with Crippen LogP contribution in [0, 0.1) is 5.92 Å². The first-order valence-corrected chi connectivity index (χ1v) is 6.92. The van der Waals surface area contributed by atoms with E-state index in [-0.39, 0.29) is 0 Å². The van der Waals surface area contributed by atoms with Crippen molar-refractivity contribution < 1.29 is 4.79 Å². The molecular formula is C13H17N3OS. The highest BCUT2D eigenvalue weighted by atomic mass is 32.2. The molecule has 1 aliphatic rings. The van der Waals surface area contributed by atoms with Crippen LogP contribution in [-0.2, 0) is 0 Å². The lowest BCUT2D eigenvalue weighted by Gasteiger charge is -2.23. The van der Waals surface area contributed by atoms with Gasteiger partial charge in [0, 0.05) is 17.0 Å². The zero-order valence-electron chi connectivity index (χ0n) is 10.5. The van der Waals surface area contributed by atoms with Crippen molar-refractivity contribution in [1.82, 2.24) is 0 Å². The largest absolute Gasteiger partial charge is 0.366 e. The predicted octanol–water partition coefficient (Wildman–Crippen LogP) is 2.32. The second kappa shape index (κ2) is 5.44. The molecule has 0 saturated heterocycles. The normalized spacial score (nSPS) is 23.3. The maximum absolute atomic E-state index is 11.1. The van der Waals surface area contributed by atoms with Gasteiger partial charge in [-0.3, -0.25) is 9.79 Å². The second-order valence-corrected chi connectivity index (χ2v) is 5.54. The van der Waals surface area contributed by atoms with Gasteiger partial charge in [0.25, 0.3) is 0 Å². The predicted molar refractivity (Wildman–Crippen MR) is 77.1 cm³/mol. The molecule has 1 aromatic carbocycles. The molecule has 2 rings (SSSR count). The molecule has 0 aliphatic carbocycles. The molecule has 1 amide bonds. The van der Waals surface area contributed by atoms with Gasteiger partial charge in [-0.05, 0) is 31.0 Å². The summed E-state index contributed by atoms with van der Waals surface area (Å²) in [5, 5.41) is 4.14. The minimum absolute atomic E-state index is 0.327. The van der Waals surface area contributed by atoms with E-state index in [0.29, 0.717) is 17.5 Å². The minimum atomic E-state index is -0.418. The SMILES string of the molecule is CC1CSC(Nc2cccc(C(N)=O)c2)=NC1C. The number of hydrogen-bond acceptors (Lipinski definition) is 4. The Bertz CT molecular complexity index is 487. The lowest BCUT2D eigenvalue weighted by atomic mass is 10.1. The van der Waals surface area contributed by atoms with Gasteiger partial charge in [-0.2, -0.15) is 0 Å². The lowest BCUT2D eigenvalue weighted by molar-refractivity contribution is 0.100. The molecule has 5 heteroatoms. The van der Waals surface area contributed by atoms with Gasteiger partial charge in [-0.15, -0.1) is 0 Å². The molecular weight excluding hydrogens is 246 g/mol. The van der Waals surface area contributed by atoms with Crippen LogP contribution in [0.15, 0.2) is 29.3 Å². The van der Waals surface area contributed by atoms with Crippen molar-refractivity contribution in [3.8, 4) is 0 Å². The summed E-state index contributed by atoms with van der Waals surface area (Å²) in [7, 11) is 0. The minimum Gasteiger partial charge on any atom is -0.366 e. The number of aliphatic imine (C=N–C) groups is 1. The van der Waals surface area contributed by atoms with Crippen LogP contribution in [0.5, 0.6) is 0 Å². The molecule has 2 unspecified atom stereocenters. The number of primary amides is 1. The first-order chi connectivity index (χ1) is 8.56. The van der Waals surface area contributed by atoms with Crippen molar-refractivity contribution in [1.29, 1.82) is 0 Å². The van der Waals surface area contributed by atoms with E-state index >= 15 is 0 Å². The van der Waals surface area contributed by atoms with E-state index in [1.54, 1.807) is 23.9 Å². The smallest absolute Gasteiger partial charge is 0.248 e. The number of amidine groups is 1. The van der Waals surface area contributed by atoms with Crippen molar-refractivity contribution in [3.05, 3.63) is 29.8 Å². The average molecular weight is 263 g/mol. The summed E-state index contributed by atoms with van der Waals surface area (Å²) in [5.41, 5.74) is 6.60. The molecule has 0 fully saturated rings. The maximum Gasteiger partial charge on any atom is 0.248 e. The molecule has 2 atom stereocenters. The number of carbonyl (C=O) groups excluding carboxylic acids is 1. The van der Waals surface area contributed by atoms with Crippen molar-refractivity contribution in [2.45, 2.75) is 19.9 Å². The Morgan fingerprint density at radius 2 is 2.28 bits per heavy atom. The highest BCUT2D eigenvalue weighted by molar-refractivity contribution is 8.14. The number of thioether (sulfide) groups is 1. The summed E-state index contributed by atoms with van der Waals surface area (Å²) in [6.45, 7) is 4.32. The number of nitrogens with zero attached hydrogens (tertiary/aromatic N) is 1. The van der Waals surface area contributed by atoms with Crippen LogP contribution in [0.4, 0.5) is 5.69 Å². The molecule has 0 saturated carbocycles. The van der Waals surface area contributed by atoms with Gasteiger partial charge in [0.2, 0.25) is 5.91 Å². The van der Waals surface area contributed by atoms with Crippen molar-refractivity contribution in [2.75, 3.05) is 11.1 Å². The number of carbonyl (C=O) groups is 1. The third kappa shape index (κ3) is 3.04. The van der Waals surface area contributed by atoms with Crippen LogP contribution in [0.2, 0.25) is 0 Å². The second-order valence-electron chi connectivity index (χ2n) is 4.53. The fourth-order valence-electron chi connectivity index (χ4n) is 1.64. The fraction of sp³-hybridized carbons (Fsp3) is 0.385. The van der Waals surface area contributed by atoms with Crippen molar-refractivity contribution >= 4 is 28.5 Å². The van der Waals surface area contributed by atoms with E-state index in [4.69, 9.17) is 5.73 Å². The Hall–Kier alpha value is -1.49. The number of rotatable bonds is 2. The maximum atomic E-state index is 11.1. The van der Waals surface area contributed by atoms with E-state index in [1.807, 2.05) is 12.1 Å². The molecule has 1 aliphatic heterocycles. The summed E-state index contributed by atoms with van der Waals surface area (Å²) in [6, 6.07) is 7.48. The van der Waals surface area contributed by atoms with Gasteiger partial charge in [0.05, 0.1) is 6.04 Å². The number of nitrogens with one attached hydrogen (secondary N) is 1. The summed E-state index contributed by atoms with van der Waals surface area (Å²) in [5.74, 6) is 1.24. The summed E-state index contributed by atoms with van der Waals surface area (Å²) in [6.07, 6.45) is 0. The van der Waals surface area contributed by atoms with Gasteiger partial charge >= 0.3 is 0 Å². The van der Waals surface area contributed by atoms with E-state index in [2.05, 4.69) is 24.2 Å². The van der Waals surface area contributed by atoms with Crippen LogP contribution in [0.3, 0.4) is 0 Å². The zero-order chi connectivity index (χ0) is 13.1. The Morgan fingerprint density at radius 1 is 1.50 bits per heavy atom. The van der Waals surface area contributed by atoms with E-state index < -0.39 is 5.91 Å². The average Bonchev–Trinajstić information content (AvgIpc) is 2.34. The molecule has 0 aromatic heterocycles. The fourth-order valence-corrected chi connectivity index (χ4v) is 2.77. The molecule has 0 spiro atoms. The third-order valence-electron chi connectivity index (χ3n) is 3.03. The molecule has 4 nitrogen and oxygen atoms in total. The number of benzene rings is 1. The lowest BCUT2D eigenvalue weighted by Crippen LogP contribution is -2.25. The van der Waals surface area contributed by atoms with Crippen LogP contribution < -0.4 is 11.1 Å². The molecule has 0 bridgehead atoms. The van der Waals surface area contributed by atoms with Gasteiger partial charge in [0.1, 0.15) is 0 Å². The molecule has 96 valence electrons. The number of anilines is 1. The van der Waals surface area contributed by atoms with E-state index in [1.165, 1.54) is 0 Å². The number of amides is 1. The summed E-state index contributed by atoms with van der Waals surface area (Å²) >= 11 is 1.71. The number of hydrogen-bond donors (Lipinski definition) is 2. The number of nitrogens with two attached hydrogens (primary N) is 1. The van der Waals surface area contributed by atoms with Gasteiger partial charge in [0.15, 0.2) is 5.17 Å². The summed E-state index contributed by atoms with van der Waals surface area (Å²) in [4.78, 5) is 15.7. The molecule has 1 heterocycles. The molecule has 0 radical (unpaired) electrons. The Kier molecular flexibility index (Phi) is 3.91. The first-order valence-electron chi connectivity index (χ1n) is 5.94. The monoisotopic (exact) mass is 263 g/mol. The van der Waals surface area contributed by atoms with E-state index in [9.17, 15) is 4.79 Å². The summed E-state index contributed by atoms with van der Waals surface area (Å²) < 4.78 is 0. The Morgan fingerprint density at radius 3 is 2.94 bits per heavy atom. The van der Waals surface area contributed by atoms with Crippen LogP contribution >= 0.6 is 11.8 Å². The molecule has 18 heavy (non-hydrogen) atoms. The Labute approximate surface area is 111 Å². The van der Waals surface area contributed by atoms with E-state index in [0.717, 1.165) is 16.6 Å². The molecule has 3 N–H and O–H groups in total. The van der Waals surface area contributed by atoms with Gasteiger partial charge in [-0.1, -0.05) is 24.8 Å². The van der Waals surface area contributed by atoms with Crippen LogP contribution in [0.1, 0.15) is 24.2 Å². The topological polar surface area (TPSA) is 67.5 Å². The Balaban J connectivity index is 2.12. The third-order valence-corrected chi connectivity index (χ3v) is 4.20. The van der Waals surface area contributed by atoms with Gasteiger partial charge < -0.3 is 11.1 Å². The van der Waals surface area contributed by atoms with Crippen LogP contribution in [-0.4, -0.2) is 22.9 Å². The van der Waals surface area contributed by atoms with Crippen molar-refractivity contribution in [2.24, 2.45) is 16.6 Å². The highest BCUT2D eigenvalue weighted by Crippen LogP contribution is 2.24.